The normalized spacial score (nSPS) is 16.5. The number of pyridine rings is 1. The van der Waals surface area contributed by atoms with Crippen LogP contribution in [0.15, 0.2) is 60.8 Å². The maximum absolute atomic E-state index is 12.5. The smallest absolute Gasteiger partial charge is 0.255 e. The van der Waals surface area contributed by atoms with Gasteiger partial charge < -0.3 is 14.8 Å². The molecule has 1 unspecified atom stereocenters. The number of carbonyl (C=O) groups excluding carboxylic acids is 1. The van der Waals surface area contributed by atoms with E-state index in [1.165, 1.54) is 0 Å². The highest BCUT2D eigenvalue weighted by Gasteiger charge is 2.16. The Morgan fingerprint density at radius 3 is 3.00 bits per heavy atom. The summed E-state index contributed by atoms with van der Waals surface area (Å²) in [6.07, 6.45) is 3.92. The van der Waals surface area contributed by atoms with E-state index >= 15 is 0 Å². The molecule has 5 heteroatoms. The molecule has 1 saturated heterocycles. The first-order valence-corrected chi connectivity index (χ1v) is 8.78. The van der Waals surface area contributed by atoms with Crippen molar-refractivity contribution in [2.24, 2.45) is 0 Å². The monoisotopic (exact) mass is 348 g/mol. The number of benzene rings is 2. The lowest BCUT2D eigenvalue weighted by molar-refractivity contribution is 0.0679. The van der Waals surface area contributed by atoms with E-state index in [0.717, 1.165) is 30.4 Å². The van der Waals surface area contributed by atoms with Crippen LogP contribution in [0.1, 0.15) is 23.2 Å². The van der Waals surface area contributed by atoms with Gasteiger partial charge in [-0.2, -0.15) is 0 Å². The number of hydrogen-bond acceptors (Lipinski definition) is 4. The van der Waals surface area contributed by atoms with E-state index in [9.17, 15) is 4.79 Å². The molecule has 5 nitrogen and oxygen atoms in total. The molecule has 3 aromatic rings. The van der Waals surface area contributed by atoms with Gasteiger partial charge in [0.2, 0.25) is 0 Å². The summed E-state index contributed by atoms with van der Waals surface area (Å²) in [5.41, 5.74) is 2.11. The molecule has 1 atom stereocenters. The highest BCUT2D eigenvalue weighted by Crippen LogP contribution is 2.20. The van der Waals surface area contributed by atoms with Gasteiger partial charge in [-0.3, -0.25) is 9.78 Å². The van der Waals surface area contributed by atoms with Gasteiger partial charge in [0.1, 0.15) is 12.4 Å². The van der Waals surface area contributed by atoms with Crippen molar-refractivity contribution in [1.82, 2.24) is 4.98 Å². The van der Waals surface area contributed by atoms with E-state index in [4.69, 9.17) is 9.47 Å². The van der Waals surface area contributed by atoms with Gasteiger partial charge in [0.15, 0.2) is 0 Å². The first-order chi connectivity index (χ1) is 12.8. The number of nitrogens with one attached hydrogen (secondary N) is 1. The maximum Gasteiger partial charge on any atom is 0.255 e. The quantitative estimate of drug-likeness (QED) is 0.756. The lowest BCUT2D eigenvalue weighted by Gasteiger charge is -2.12. The molecule has 4 rings (SSSR count). The maximum atomic E-state index is 12.5. The Morgan fingerprint density at radius 1 is 1.19 bits per heavy atom. The molecule has 132 valence electrons. The number of amides is 1. The molecule has 0 radical (unpaired) electrons. The fraction of sp³-hybridized carbons (Fsp3) is 0.238. The van der Waals surface area contributed by atoms with Crippen LogP contribution in [0.3, 0.4) is 0 Å². The summed E-state index contributed by atoms with van der Waals surface area (Å²) in [5, 5.41) is 3.88. The molecule has 1 aromatic heterocycles. The topological polar surface area (TPSA) is 60.5 Å². The van der Waals surface area contributed by atoms with Crippen LogP contribution in [0.5, 0.6) is 5.75 Å². The van der Waals surface area contributed by atoms with Crippen LogP contribution in [-0.2, 0) is 4.74 Å². The summed E-state index contributed by atoms with van der Waals surface area (Å²) in [4.78, 5) is 16.9. The van der Waals surface area contributed by atoms with Gasteiger partial charge in [-0.15, -0.1) is 0 Å². The zero-order valence-corrected chi connectivity index (χ0v) is 14.4. The van der Waals surface area contributed by atoms with Gasteiger partial charge in [-0.05, 0) is 43.2 Å². The molecule has 1 N–H and O–H groups in total. The van der Waals surface area contributed by atoms with Gasteiger partial charge in [0.05, 0.1) is 23.5 Å². The zero-order valence-electron chi connectivity index (χ0n) is 14.4. The third-order valence-corrected chi connectivity index (χ3v) is 4.40. The fourth-order valence-electron chi connectivity index (χ4n) is 3.03. The molecule has 0 spiro atoms. The minimum atomic E-state index is -0.190. The van der Waals surface area contributed by atoms with Gasteiger partial charge >= 0.3 is 0 Å². The van der Waals surface area contributed by atoms with E-state index in [-0.39, 0.29) is 12.0 Å². The Labute approximate surface area is 152 Å². The minimum absolute atomic E-state index is 0.149. The SMILES string of the molecule is O=C(Nc1cnc2ccccc2c1)c1cccc(OCC2CCCO2)c1. The minimum Gasteiger partial charge on any atom is -0.491 e. The Hall–Kier alpha value is -2.92. The van der Waals surface area contributed by atoms with E-state index in [2.05, 4.69) is 10.3 Å². The van der Waals surface area contributed by atoms with Crippen molar-refractivity contribution in [3.63, 3.8) is 0 Å². The predicted octanol–water partition coefficient (Wildman–Crippen LogP) is 4.04. The molecule has 1 aliphatic heterocycles. The summed E-state index contributed by atoms with van der Waals surface area (Å²) in [7, 11) is 0. The standard InChI is InChI=1S/C21H20N2O3/c24-21(23-17-11-15-5-1-2-9-20(15)22-13-17)16-6-3-7-18(12-16)26-14-19-8-4-10-25-19/h1-3,5-7,9,11-13,19H,4,8,10,14H2,(H,23,24). The van der Waals surface area contributed by atoms with Crippen LogP contribution >= 0.6 is 0 Å². The molecular formula is C21H20N2O3. The van der Waals surface area contributed by atoms with Crippen molar-refractivity contribution in [2.45, 2.75) is 18.9 Å². The molecule has 1 fully saturated rings. The van der Waals surface area contributed by atoms with Gasteiger partial charge in [-0.25, -0.2) is 0 Å². The van der Waals surface area contributed by atoms with E-state index in [1.54, 1.807) is 18.3 Å². The second-order valence-electron chi connectivity index (χ2n) is 6.34. The number of hydrogen-bond donors (Lipinski definition) is 1. The van der Waals surface area contributed by atoms with E-state index < -0.39 is 0 Å². The fourth-order valence-corrected chi connectivity index (χ4v) is 3.03. The molecule has 0 bridgehead atoms. The number of fused-ring (bicyclic) bond motifs is 1. The first kappa shape index (κ1) is 16.5. The molecule has 26 heavy (non-hydrogen) atoms. The molecule has 0 aliphatic carbocycles. The van der Waals surface area contributed by atoms with Crippen LogP contribution in [0, 0.1) is 0 Å². The van der Waals surface area contributed by atoms with Gasteiger partial charge in [-0.1, -0.05) is 24.3 Å². The summed E-state index contributed by atoms with van der Waals surface area (Å²) in [6, 6.07) is 16.9. The third kappa shape index (κ3) is 3.83. The van der Waals surface area contributed by atoms with Crippen LogP contribution < -0.4 is 10.1 Å². The number of rotatable bonds is 5. The summed E-state index contributed by atoms with van der Waals surface area (Å²) in [6.45, 7) is 1.32. The highest BCUT2D eigenvalue weighted by atomic mass is 16.5. The lowest BCUT2D eigenvalue weighted by atomic mass is 10.2. The van der Waals surface area contributed by atoms with Crippen LogP contribution in [0.25, 0.3) is 10.9 Å². The van der Waals surface area contributed by atoms with Crippen molar-refractivity contribution in [2.75, 3.05) is 18.5 Å². The number of nitrogens with zero attached hydrogens (tertiary/aromatic N) is 1. The number of para-hydroxylation sites is 1. The molecule has 2 aromatic carbocycles. The van der Waals surface area contributed by atoms with Crippen molar-refractivity contribution in [3.05, 3.63) is 66.4 Å². The number of anilines is 1. The predicted molar refractivity (Wildman–Crippen MR) is 101 cm³/mol. The van der Waals surface area contributed by atoms with Crippen molar-refractivity contribution in [1.29, 1.82) is 0 Å². The summed E-state index contributed by atoms with van der Waals surface area (Å²) >= 11 is 0. The van der Waals surface area contributed by atoms with Crippen molar-refractivity contribution >= 4 is 22.5 Å². The van der Waals surface area contributed by atoms with Crippen LogP contribution in [0.4, 0.5) is 5.69 Å². The molecule has 1 aliphatic rings. The average Bonchev–Trinajstić information content (AvgIpc) is 3.20. The molecule has 0 saturated carbocycles. The van der Waals surface area contributed by atoms with Crippen LogP contribution in [0.2, 0.25) is 0 Å². The summed E-state index contributed by atoms with van der Waals surface area (Å²) in [5.74, 6) is 0.481. The number of carbonyl (C=O) groups is 1. The zero-order chi connectivity index (χ0) is 17.8. The summed E-state index contributed by atoms with van der Waals surface area (Å²) < 4.78 is 11.3. The largest absolute Gasteiger partial charge is 0.491 e. The van der Waals surface area contributed by atoms with Gasteiger partial charge in [0, 0.05) is 17.6 Å². The molecule has 1 amide bonds. The Bertz CT molecular complexity index is 920. The number of ether oxygens (including phenoxy) is 2. The van der Waals surface area contributed by atoms with Gasteiger partial charge in [0.25, 0.3) is 5.91 Å². The second-order valence-corrected chi connectivity index (χ2v) is 6.34. The highest BCUT2D eigenvalue weighted by molar-refractivity contribution is 6.05. The first-order valence-electron chi connectivity index (χ1n) is 8.78. The Morgan fingerprint density at radius 2 is 2.12 bits per heavy atom. The number of aromatic nitrogens is 1. The Balaban J connectivity index is 1.44. The van der Waals surface area contributed by atoms with E-state index in [0.29, 0.717) is 23.6 Å². The van der Waals surface area contributed by atoms with Crippen LogP contribution in [-0.4, -0.2) is 30.2 Å². The average molecular weight is 348 g/mol. The lowest BCUT2D eigenvalue weighted by Crippen LogP contribution is -2.17. The molecule has 2 heterocycles. The third-order valence-electron chi connectivity index (χ3n) is 4.40. The molecular weight excluding hydrogens is 328 g/mol. The van der Waals surface area contributed by atoms with Crippen molar-refractivity contribution < 1.29 is 14.3 Å². The second kappa shape index (κ2) is 7.54. The van der Waals surface area contributed by atoms with Crippen molar-refractivity contribution in [3.8, 4) is 5.75 Å². The Kier molecular flexibility index (Phi) is 4.80. The van der Waals surface area contributed by atoms with E-state index in [1.807, 2.05) is 42.5 Å².